The van der Waals surface area contributed by atoms with Gasteiger partial charge in [-0.05, 0) is 36.2 Å². The van der Waals surface area contributed by atoms with Crippen LogP contribution in [0.4, 0.5) is 13.2 Å². The molecule has 0 aromatic heterocycles. The van der Waals surface area contributed by atoms with E-state index >= 15 is 0 Å². The molecule has 0 fully saturated rings. The van der Waals surface area contributed by atoms with Gasteiger partial charge in [0.05, 0.1) is 6.04 Å². The van der Waals surface area contributed by atoms with E-state index in [1.807, 2.05) is 0 Å². The lowest BCUT2D eigenvalue weighted by molar-refractivity contribution is 0.505. The second kappa shape index (κ2) is 5.95. The van der Waals surface area contributed by atoms with E-state index in [4.69, 9.17) is 5.84 Å². The average molecular weight is 345 g/mol. The van der Waals surface area contributed by atoms with Crippen LogP contribution in [-0.4, -0.2) is 0 Å². The molecule has 0 aliphatic heterocycles. The number of hydrazine groups is 1. The molecule has 3 N–H and O–H groups in total. The van der Waals surface area contributed by atoms with E-state index < -0.39 is 23.5 Å². The minimum absolute atomic E-state index is 0.195. The summed E-state index contributed by atoms with van der Waals surface area (Å²) < 4.78 is 41.6. The number of hydrogen-bond acceptors (Lipinski definition) is 2. The molecule has 106 valence electrons. The van der Waals surface area contributed by atoms with Gasteiger partial charge in [-0.3, -0.25) is 5.84 Å². The smallest absolute Gasteiger partial charge is 0.134 e. The zero-order valence-corrected chi connectivity index (χ0v) is 12.1. The Hall–Kier alpha value is -1.37. The van der Waals surface area contributed by atoms with Crippen molar-refractivity contribution >= 4 is 15.9 Å². The second-order valence-electron chi connectivity index (χ2n) is 4.36. The van der Waals surface area contributed by atoms with Crippen molar-refractivity contribution in [3.05, 3.63) is 68.9 Å². The Labute approximate surface area is 122 Å². The molecule has 0 bridgehead atoms. The molecule has 0 spiro atoms. The molecule has 2 nitrogen and oxygen atoms in total. The second-order valence-corrected chi connectivity index (χ2v) is 5.21. The lowest BCUT2D eigenvalue weighted by atomic mass is 9.96. The summed E-state index contributed by atoms with van der Waals surface area (Å²) in [6.07, 6.45) is 0. The van der Waals surface area contributed by atoms with Crippen LogP contribution >= 0.6 is 15.9 Å². The fraction of sp³-hybridized carbons (Fsp3) is 0.143. The zero-order valence-electron chi connectivity index (χ0n) is 10.6. The van der Waals surface area contributed by atoms with Crippen LogP contribution in [0.2, 0.25) is 0 Å². The summed E-state index contributed by atoms with van der Waals surface area (Å²) >= 11 is 3.17. The molecule has 0 aliphatic rings. The maximum absolute atomic E-state index is 14.2. The Morgan fingerprint density at radius 2 is 1.85 bits per heavy atom. The third kappa shape index (κ3) is 2.72. The molecule has 2 aromatic carbocycles. The summed E-state index contributed by atoms with van der Waals surface area (Å²) in [7, 11) is 0. The first-order valence-corrected chi connectivity index (χ1v) is 6.60. The highest BCUT2D eigenvalue weighted by Gasteiger charge is 2.24. The number of nitrogens with two attached hydrogens (primary N) is 1. The van der Waals surface area contributed by atoms with Crippen LogP contribution < -0.4 is 11.3 Å². The molecule has 20 heavy (non-hydrogen) atoms. The molecule has 1 atom stereocenters. The summed E-state index contributed by atoms with van der Waals surface area (Å²) in [5.41, 5.74) is 2.92. The maximum Gasteiger partial charge on any atom is 0.134 e. The number of nitrogens with one attached hydrogen (secondary N) is 1. The lowest BCUT2D eigenvalue weighted by Gasteiger charge is -2.20. The van der Waals surface area contributed by atoms with Crippen LogP contribution in [0.5, 0.6) is 0 Å². The quantitative estimate of drug-likeness (QED) is 0.657. The molecule has 0 amide bonds. The summed E-state index contributed by atoms with van der Waals surface area (Å²) in [5, 5.41) is 0. The predicted octanol–water partition coefficient (Wildman–Crippen LogP) is 3.73. The monoisotopic (exact) mass is 344 g/mol. The van der Waals surface area contributed by atoms with E-state index in [1.165, 1.54) is 37.3 Å². The minimum atomic E-state index is -0.926. The third-order valence-corrected chi connectivity index (χ3v) is 3.74. The lowest BCUT2D eigenvalue weighted by Crippen LogP contribution is -2.30. The van der Waals surface area contributed by atoms with E-state index in [-0.39, 0.29) is 5.56 Å². The van der Waals surface area contributed by atoms with Gasteiger partial charge in [0.15, 0.2) is 0 Å². The van der Waals surface area contributed by atoms with Crippen LogP contribution in [0.3, 0.4) is 0 Å². The van der Waals surface area contributed by atoms with Crippen molar-refractivity contribution < 1.29 is 13.2 Å². The van der Waals surface area contributed by atoms with Gasteiger partial charge in [-0.15, -0.1) is 0 Å². The van der Waals surface area contributed by atoms with Gasteiger partial charge in [-0.25, -0.2) is 18.6 Å². The van der Waals surface area contributed by atoms with Crippen LogP contribution in [0.1, 0.15) is 22.7 Å². The highest BCUT2D eigenvalue weighted by Crippen LogP contribution is 2.32. The molecule has 1 unspecified atom stereocenters. The van der Waals surface area contributed by atoms with E-state index in [0.29, 0.717) is 15.6 Å². The summed E-state index contributed by atoms with van der Waals surface area (Å²) in [5.74, 6) is 3.58. The number of aryl methyl sites for hydroxylation is 1. The summed E-state index contributed by atoms with van der Waals surface area (Å²) in [6.45, 7) is 1.53. The number of hydrogen-bond donors (Lipinski definition) is 2. The Kier molecular flexibility index (Phi) is 4.47. The van der Waals surface area contributed by atoms with Gasteiger partial charge < -0.3 is 0 Å². The van der Waals surface area contributed by atoms with Crippen molar-refractivity contribution in [2.45, 2.75) is 13.0 Å². The van der Waals surface area contributed by atoms with Gasteiger partial charge in [0.25, 0.3) is 0 Å². The van der Waals surface area contributed by atoms with Crippen molar-refractivity contribution in [3.63, 3.8) is 0 Å². The van der Waals surface area contributed by atoms with Gasteiger partial charge in [-0.1, -0.05) is 28.1 Å². The molecule has 2 rings (SSSR count). The number of halogens is 4. The molecule has 0 heterocycles. The highest BCUT2D eigenvalue weighted by atomic mass is 79.9. The fourth-order valence-corrected chi connectivity index (χ4v) is 2.59. The predicted molar refractivity (Wildman–Crippen MR) is 74.4 cm³/mol. The van der Waals surface area contributed by atoms with Gasteiger partial charge in [0.2, 0.25) is 0 Å². The molecule has 0 saturated heterocycles. The first-order chi connectivity index (χ1) is 9.45. The molecule has 6 heteroatoms. The van der Waals surface area contributed by atoms with Crippen molar-refractivity contribution in [2.24, 2.45) is 5.84 Å². The van der Waals surface area contributed by atoms with Gasteiger partial charge in [0, 0.05) is 10.0 Å². The van der Waals surface area contributed by atoms with Crippen molar-refractivity contribution in [2.75, 3.05) is 0 Å². The highest BCUT2D eigenvalue weighted by molar-refractivity contribution is 9.10. The zero-order chi connectivity index (χ0) is 14.9. The summed E-state index contributed by atoms with van der Waals surface area (Å²) in [4.78, 5) is 0. The number of rotatable bonds is 3. The minimum Gasteiger partial charge on any atom is -0.271 e. The first kappa shape index (κ1) is 15.0. The Bertz CT molecular complexity index is 647. The van der Waals surface area contributed by atoms with Crippen molar-refractivity contribution in [1.82, 2.24) is 5.43 Å². The topological polar surface area (TPSA) is 38.0 Å². The molecular weight excluding hydrogens is 333 g/mol. The Morgan fingerprint density at radius 3 is 2.45 bits per heavy atom. The molecule has 0 saturated carbocycles. The third-order valence-electron chi connectivity index (χ3n) is 3.05. The normalized spacial score (nSPS) is 12.5. The summed E-state index contributed by atoms with van der Waals surface area (Å²) in [6, 6.07) is 5.44. The number of benzene rings is 2. The van der Waals surface area contributed by atoms with Crippen LogP contribution in [0.25, 0.3) is 0 Å². The van der Waals surface area contributed by atoms with Crippen LogP contribution in [0.15, 0.2) is 34.8 Å². The maximum atomic E-state index is 14.2. The Balaban J connectivity index is 2.61. The first-order valence-electron chi connectivity index (χ1n) is 5.81. The average Bonchev–Trinajstić information content (AvgIpc) is 2.40. The fourth-order valence-electron chi connectivity index (χ4n) is 2.01. The molecular formula is C14H12BrF3N2. The van der Waals surface area contributed by atoms with Crippen LogP contribution in [0, 0.1) is 24.4 Å². The van der Waals surface area contributed by atoms with E-state index in [9.17, 15) is 13.2 Å². The Morgan fingerprint density at radius 1 is 1.15 bits per heavy atom. The van der Waals surface area contributed by atoms with Crippen LogP contribution in [-0.2, 0) is 0 Å². The van der Waals surface area contributed by atoms with E-state index in [1.54, 1.807) is 0 Å². The van der Waals surface area contributed by atoms with Gasteiger partial charge in [0.1, 0.15) is 17.5 Å². The largest absolute Gasteiger partial charge is 0.271 e. The molecule has 0 aliphatic carbocycles. The van der Waals surface area contributed by atoms with Gasteiger partial charge >= 0.3 is 0 Å². The SMILES string of the molecule is Cc1ccc(F)c(C(NN)c2ccc(F)cc2Br)c1F. The van der Waals surface area contributed by atoms with Crippen molar-refractivity contribution in [1.29, 1.82) is 0 Å². The van der Waals surface area contributed by atoms with E-state index in [2.05, 4.69) is 21.4 Å². The molecule has 0 radical (unpaired) electrons. The van der Waals surface area contributed by atoms with E-state index in [0.717, 1.165) is 0 Å². The standard InChI is InChI=1S/C14H12BrF3N2/c1-7-2-5-11(17)12(13(7)18)14(20-19)9-4-3-8(16)6-10(9)15/h2-6,14,20H,19H2,1H3. The van der Waals surface area contributed by atoms with Gasteiger partial charge in [-0.2, -0.15) is 0 Å². The van der Waals surface area contributed by atoms with Crippen molar-refractivity contribution in [3.8, 4) is 0 Å². The molecule has 2 aromatic rings.